The summed E-state index contributed by atoms with van der Waals surface area (Å²) >= 11 is 6.06. The van der Waals surface area contributed by atoms with Crippen LogP contribution in [0.15, 0.2) is 36.5 Å². The second-order valence-electron chi connectivity index (χ2n) is 5.58. The fourth-order valence-electron chi connectivity index (χ4n) is 2.47. The van der Waals surface area contributed by atoms with Crippen molar-refractivity contribution in [1.82, 2.24) is 14.9 Å². The summed E-state index contributed by atoms with van der Waals surface area (Å²) in [6.45, 7) is 4.99. The average molecular weight is 362 g/mol. The highest BCUT2D eigenvalue weighted by molar-refractivity contribution is 6.33. The number of nitrogens with zero attached hydrogens (tertiary/aromatic N) is 3. The Morgan fingerprint density at radius 1 is 1.24 bits per heavy atom. The molecule has 0 bridgehead atoms. The number of benzene rings is 1. The van der Waals surface area contributed by atoms with Gasteiger partial charge in [-0.15, -0.1) is 0 Å². The minimum absolute atomic E-state index is 0.281. The third-order valence-electron chi connectivity index (χ3n) is 3.83. The molecule has 0 saturated carbocycles. The summed E-state index contributed by atoms with van der Waals surface area (Å²) < 4.78 is 5.32. The van der Waals surface area contributed by atoms with Crippen LogP contribution < -0.4 is 10.6 Å². The molecule has 0 unspecified atom stereocenters. The van der Waals surface area contributed by atoms with Gasteiger partial charge in [0.15, 0.2) is 0 Å². The van der Waals surface area contributed by atoms with Crippen molar-refractivity contribution in [2.24, 2.45) is 0 Å². The van der Waals surface area contributed by atoms with Crippen LogP contribution in [-0.2, 0) is 4.74 Å². The Morgan fingerprint density at radius 3 is 2.84 bits per heavy atom. The molecule has 1 aromatic carbocycles. The molecule has 7 nitrogen and oxygen atoms in total. The fraction of sp³-hybridized carbons (Fsp3) is 0.353. The van der Waals surface area contributed by atoms with Gasteiger partial charge in [-0.1, -0.05) is 23.7 Å². The predicted octanol–water partition coefficient (Wildman–Crippen LogP) is 2.13. The summed E-state index contributed by atoms with van der Waals surface area (Å²) in [4.78, 5) is 23.1. The second kappa shape index (κ2) is 8.75. The SMILES string of the molecule is O=C(Nc1ccccc1Cl)c1ccnc(NCCN2CCOCC2)n1. The lowest BCUT2D eigenvalue weighted by Gasteiger charge is -2.26. The highest BCUT2D eigenvalue weighted by Crippen LogP contribution is 2.20. The number of hydrogen-bond acceptors (Lipinski definition) is 6. The van der Waals surface area contributed by atoms with E-state index in [4.69, 9.17) is 16.3 Å². The third kappa shape index (κ3) is 5.12. The van der Waals surface area contributed by atoms with Gasteiger partial charge < -0.3 is 15.4 Å². The van der Waals surface area contributed by atoms with Crippen LogP contribution in [0.5, 0.6) is 0 Å². The lowest BCUT2D eigenvalue weighted by atomic mass is 10.3. The van der Waals surface area contributed by atoms with Gasteiger partial charge in [0.05, 0.1) is 23.9 Å². The minimum Gasteiger partial charge on any atom is -0.379 e. The molecule has 1 aliphatic heterocycles. The number of anilines is 2. The first kappa shape index (κ1) is 17.6. The first-order valence-electron chi connectivity index (χ1n) is 8.15. The van der Waals surface area contributed by atoms with E-state index in [0.29, 0.717) is 23.2 Å². The molecule has 2 aromatic rings. The van der Waals surface area contributed by atoms with Gasteiger partial charge in [-0.05, 0) is 18.2 Å². The molecule has 1 aliphatic rings. The number of amides is 1. The molecule has 1 saturated heterocycles. The van der Waals surface area contributed by atoms with Crippen molar-refractivity contribution in [3.05, 3.63) is 47.2 Å². The van der Waals surface area contributed by atoms with Crippen LogP contribution in [-0.4, -0.2) is 60.2 Å². The molecule has 1 aromatic heterocycles. The topological polar surface area (TPSA) is 79.4 Å². The molecule has 0 aliphatic carbocycles. The molecule has 2 N–H and O–H groups in total. The Morgan fingerprint density at radius 2 is 2.04 bits per heavy atom. The number of carbonyl (C=O) groups excluding carboxylic acids is 1. The van der Waals surface area contributed by atoms with Crippen molar-refractivity contribution >= 4 is 29.1 Å². The molecular weight excluding hydrogens is 342 g/mol. The molecule has 1 amide bonds. The minimum atomic E-state index is -0.327. The Hall–Kier alpha value is -2.22. The number of aromatic nitrogens is 2. The lowest BCUT2D eigenvalue weighted by Crippen LogP contribution is -2.39. The van der Waals surface area contributed by atoms with E-state index in [1.54, 1.807) is 36.5 Å². The summed E-state index contributed by atoms with van der Waals surface area (Å²) in [6, 6.07) is 8.64. The van der Waals surface area contributed by atoms with E-state index >= 15 is 0 Å². The van der Waals surface area contributed by atoms with E-state index in [9.17, 15) is 4.79 Å². The Kier molecular flexibility index (Phi) is 6.16. The standard InChI is InChI=1S/C17H20ClN5O2/c18-13-3-1-2-4-14(13)21-16(24)15-5-6-19-17(22-15)20-7-8-23-9-11-25-12-10-23/h1-6H,7-12H2,(H,21,24)(H,19,20,22). The average Bonchev–Trinajstić information content (AvgIpc) is 2.65. The van der Waals surface area contributed by atoms with Gasteiger partial charge in [-0.25, -0.2) is 9.97 Å². The van der Waals surface area contributed by atoms with E-state index in [2.05, 4.69) is 25.5 Å². The van der Waals surface area contributed by atoms with E-state index in [1.807, 2.05) is 0 Å². The number of carbonyl (C=O) groups is 1. The quantitative estimate of drug-likeness (QED) is 0.820. The molecule has 0 radical (unpaired) electrons. The largest absolute Gasteiger partial charge is 0.379 e. The van der Waals surface area contributed by atoms with Crippen molar-refractivity contribution < 1.29 is 9.53 Å². The summed E-state index contributed by atoms with van der Waals surface area (Å²) in [5, 5.41) is 6.38. The van der Waals surface area contributed by atoms with Gasteiger partial charge in [-0.2, -0.15) is 0 Å². The van der Waals surface area contributed by atoms with E-state index < -0.39 is 0 Å². The number of ether oxygens (including phenoxy) is 1. The number of nitrogens with one attached hydrogen (secondary N) is 2. The summed E-state index contributed by atoms with van der Waals surface area (Å²) in [5.41, 5.74) is 0.832. The zero-order chi connectivity index (χ0) is 17.5. The number of halogens is 1. The maximum absolute atomic E-state index is 12.3. The normalized spacial score (nSPS) is 14.9. The number of rotatable bonds is 6. The maximum atomic E-state index is 12.3. The molecule has 8 heteroatoms. The molecule has 3 rings (SSSR count). The second-order valence-corrected chi connectivity index (χ2v) is 5.99. The Labute approximate surface area is 151 Å². The monoisotopic (exact) mass is 361 g/mol. The lowest BCUT2D eigenvalue weighted by molar-refractivity contribution is 0.0398. The van der Waals surface area contributed by atoms with Crippen molar-refractivity contribution in [3.63, 3.8) is 0 Å². The predicted molar refractivity (Wildman–Crippen MR) is 97.2 cm³/mol. The van der Waals surface area contributed by atoms with Crippen LogP contribution in [0, 0.1) is 0 Å². The fourth-order valence-corrected chi connectivity index (χ4v) is 2.65. The van der Waals surface area contributed by atoms with Crippen molar-refractivity contribution in [1.29, 1.82) is 0 Å². The smallest absolute Gasteiger partial charge is 0.274 e. The van der Waals surface area contributed by atoms with Gasteiger partial charge in [-0.3, -0.25) is 9.69 Å². The van der Waals surface area contributed by atoms with Crippen molar-refractivity contribution in [2.45, 2.75) is 0 Å². The van der Waals surface area contributed by atoms with E-state index in [0.717, 1.165) is 32.8 Å². The van der Waals surface area contributed by atoms with Crippen LogP contribution in [0.4, 0.5) is 11.6 Å². The van der Waals surface area contributed by atoms with Gasteiger partial charge >= 0.3 is 0 Å². The summed E-state index contributed by atoms with van der Waals surface area (Å²) in [6.07, 6.45) is 1.56. The molecular formula is C17H20ClN5O2. The number of hydrogen-bond donors (Lipinski definition) is 2. The first-order valence-corrected chi connectivity index (χ1v) is 8.53. The van der Waals surface area contributed by atoms with E-state index in [-0.39, 0.29) is 11.6 Å². The van der Waals surface area contributed by atoms with Gasteiger partial charge in [0.25, 0.3) is 5.91 Å². The molecule has 132 valence electrons. The van der Waals surface area contributed by atoms with Crippen LogP contribution >= 0.6 is 11.6 Å². The van der Waals surface area contributed by atoms with Crippen LogP contribution in [0.1, 0.15) is 10.5 Å². The summed E-state index contributed by atoms with van der Waals surface area (Å²) in [7, 11) is 0. The Bertz CT molecular complexity index is 722. The molecule has 0 atom stereocenters. The third-order valence-corrected chi connectivity index (χ3v) is 4.15. The van der Waals surface area contributed by atoms with Crippen LogP contribution in [0.2, 0.25) is 5.02 Å². The summed E-state index contributed by atoms with van der Waals surface area (Å²) in [5.74, 6) is 0.104. The molecule has 2 heterocycles. The van der Waals surface area contributed by atoms with Gasteiger partial charge in [0.2, 0.25) is 5.95 Å². The van der Waals surface area contributed by atoms with Crippen molar-refractivity contribution in [3.8, 4) is 0 Å². The van der Waals surface area contributed by atoms with Gasteiger partial charge in [0, 0.05) is 32.4 Å². The first-order chi connectivity index (χ1) is 12.2. The highest BCUT2D eigenvalue weighted by atomic mass is 35.5. The molecule has 1 fully saturated rings. The molecule has 0 spiro atoms. The number of morpholine rings is 1. The van der Waals surface area contributed by atoms with Crippen LogP contribution in [0.25, 0.3) is 0 Å². The Balaban J connectivity index is 1.55. The van der Waals surface area contributed by atoms with E-state index in [1.165, 1.54) is 0 Å². The number of para-hydroxylation sites is 1. The maximum Gasteiger partial charge on any atom is 0.274 e. The van der Waals surface area contributed by atoms with Crippen LogP contribution in [0.3, 0.4) is 0 Å². The zero-order valence-electron chi connectivity index (χ0n) is 13.7. The highest BCUT2D eigenvalue weighted by Gasteiger charge is 2.12. The van der Waals surface area contributed by atoms with Crippen molar-refractivity contribution in [2.75, 3.05) is 50.0 Å². The molecule has 25 heavy (non-hydrogen) atoms. The zero-order valence-corrected chi connectivity index (χ0v) is 14.5. The van der Waals surface area contributed by atoms with Gasteiger partial charge in [0.1, 0.15) is 5.69 Å².